The van der Waals surface area contributed by atoms with Crippen molar-refractivity contribution < 1.29 is 18.7 Å². The number of carbonyl (C=O) groups is 2. The van der Waals surface area contributed by atoms with Gasteiger partial charge >= 0.3 is 5.97 Å². The zero-order valence-electron chi connectivity index (χ0n) is 8.32. The molecule has 1 rings (SSSR count). The molecule has 0 saturated heterocycles. The van der Waals surface area contributed by atoms with Crippen molar-refractivity contribution in [1.29, 1.82) is 0 Å². The van der Waals surface area contributed by atoms with E-state index in [1.165, 1.54) is 31.4 Å². The zero-order valence-corrected chi connectivity index (χ0v) is 9.91. The van der Waals surface area contributed by atoms with Gasteiger partial charge in [0.05, 0.1) is 18.9 Å². The van der Waals surface area contributed by atoms with Gasteiger partial charge in [-0.25, -0.2) is 0 Å². The third-order valence-corrected chi connectivity index (χ3v) is 2.40. The second kappa shape index (κ2) is 4.97. The first-order valence-electron chi connectivity index (χ1n) is 4.11. The molecule has 0 unspecified atom stereocenters. The molecule has 1 amide bonds. The first-order chi connectivity index (χ1) is 7.06. The molecule has 1 heterocycles. The number of carbonyl (C=O) groups excluding carboxylic acids is 2. The number of furan rings is 1. The van der Waals surface area contributed by atoms with E-state index in [1.54, 1.807) is 0 Å². The Morgan fingerprint density at radius 2 is 2.27 bits per heavy atom. The quantitative estimate of drug-likeness (QED) is 0.780. The molecule has 0 bridgehead atoms. The minimum atomic E-state index is -0.467. The Morgan fingerprint density at radius 3 is 2.73 bits per heavy atom. The van der Waals surface area contributed by atoms with Crippen LogP contribution in [0.4, 0.5) is 0 Å². The molecular formula is C9H10BrNO4. The highest BCUT2D eigenvalue weighted by Crippen LogP contribution is 2.18. The first kappa shape index (κ1) is 11.8. The van der Waals surface area contributed by atoms with Crippen LogP contribution in [-0.4, -0.2) is 37.5 Å². The third-order valence-electron chi connectivity index (χ3n) is 1.79. The summed E-state index contributed by atoms with van der Waals surface area (Å²) in [7, 11) is 2.78. The Hall–Kier alpha value is -1.30. The lowest BCUT2D eigenvalue weighted by Crippen LogP contribution is -2.32. The van der Waals surface area contributed by atoms with E-state index in [-0.39, 0.29) is 12.5 Å². The predicted molar refractivity (Wildman–Crippen MR) is 55.4 cm³/mol. The molecule has 0 aliphatic rings. The number of ether oxygens (including phenoxy) is 1. The second-order valence-electron chi connectivity index (χ2n) is 2.85. The summed E-state index contributed by atoms with van der Waals surface area (Å²) in [5, 5.41) is 0. The highest BCUT2D eigenvalue weighted by atomic mass is 79.9. The third kappa shape index (κ3) is 2.82. The molecule has 1 aromatic heterocycles. The first-order valence-corrected chi connectivity index (χ1v) is 4.91. The maximum Gasteiger partial charge on any atom is 0.325 e. The Balaban J connectivity index is 2.69. The van der Waals surface area contributed by atoms with Crippen molar-refractivity contribution in [1.82, 2.24) is 4.90 Å². The molecule has 1 aromatic rings. The number of halogens is 1. The summed E-state index contributed by atoms with van der Waals surface area (Å²) >= 11 is 3.09. The zero-order chi connectivity index (χ0) is 11.4. The molecule has 0 spiro atoms. The lowest BCUT2D eigenvalue weighted by molar-refractivity contribution is -0.141. The van der Waals surface area contributed by atoms with Crippen LogP contribution in [0.5, 0.6) is 0 Å². The highest BCUT2D eigenvalue weighted by molar-refractivity contribution is 9.10. The van der Waals surface area contributed by atoms with Crippen LogP contribution < -0.4 is 0 Å². The highest BCUT2D eigenvalue weighted by Gasteiger charge is 2.19. The molecule has 0 radical (unpaired) electrons. The maximum atomic E-state index is 11.7. The molecule has 0 atom stereocenters. The van der Waals surface area contributed by atoms with Gasteiger partial charge < -0.3 is 14.1 Å². The standard InChI is InChI=1S/C9H10BrNO4/c1-11(5-7(12)14-2)9(13)6-3-4-15-8(6)10/h3-4H,5H2,1-2H3. The molecule has 82 valence electrons. The molecule has 15 heavy (non-hydrogen) atoms. The summed E-state index contributed by atoms with van der Waals surface area (Å²) in [4.78, 5) is 23.9. The summed E-state index contributed by atoms with van der Waals surface area (Å²) in [6.07, 6.45) is 1.39. The van der Waals surface area contributed by atoms with Crippen molar-refractivity contribution in [2.75, 3.05) is 20.7 Å². The summed E-state index contributed by atoms with van der Waals surface area (Å²) in [6.45, 7) is -0.0903. The second-order valence-corrected chi connectivity index (χ2v) is 3.57. The van der Waals surface area contributed by atoms with Crippen LogP contribution in [-0.2, 0) is 9.53 Å². The Kier molecular flexibility index (Phi) is 3.90. The fraction of sp³-hybridized carbons (Fsp3) is 0.333. The lowest BCUT2D eigenvalue weighted by atomic mass is 10.3. The van der Waals surface area contributed by atoms with Gasteiger partial charge in [0.25, 0.3) is 5.91 Å². The largest absolute Gasteiger partial charge is 0.468 e. The van der Waals surface area contributed by atoms with Crippen LogP contribution in [0, 0.1) is 0 Å². The van der Waals surface area contributed by atoms with E-state index in [2.05, 4.69) is 20.7 Å². The molecule has 6 heteroatoms. The number of methoxy groups -OCH3 is 1. The van der Waals surface area contributed by atoms with Crippen LogP contribution >= 0.6 is 15.9 Å². The van der Waals surface area contributed by atoms with E-state index in [4.69, 9.17) is 4.42 Å². The Labute approximate surface area is 95.1 Å². The molecule has 0 N–H and O–H groups in total. The summed E-state index contributed by atoms with van der Waals surface area (Å²) in [6, 6.07) is 1.53. The average Bonchev–Trinajstić information content (AvgIpc) is 2.63. The van der Waals surface area contributed by atoms with Crippen LogP contribution in [0.15, 0.2) is 21.4 Å². The van der Waals surface area contributed by atoms with Gasteiger partial charge in [0.15, 0.2) is 4.67 Å². The van der Waals surface area contributed by atoms with E-state index in [9.17, 15) is 9.59 Å². The molecule has 0 aliphatic heterocycles. The van der Waals surface area contributed by atoms with Crippen molar-refractivity contribution in [3.8, 4) is 0 Å². The van der Waals surface area contributed by atoms with Crippen LogP contribution in [0.3, 0.4) is 0 Å². The van der Waals surface area contributed by atoms with Gasteiger partial charge in [-0.1, -0.05) is 0 Å². The number of amides is 1. The SMILES string of the molecule is COC(=O)CN(C)C(=O)c1ccoc1Br. The number of esters is 1. The molecule has 0 fully saturated rings. The number of nitrogens with zero attached hydrogens (tertiary/aromatic N) is 1. The summed E-state index contributed by atoms with van der Waals surface area (Å²) in [5.41, 5.74) is 0.376. The van der Waals surface area contributed by atoms with Crippen molar-refractivity contribution in [3.63, 3.8) is 0 Å². The van der Waals surface area contributed by atoms with Crippen LogP contribution in [0.25, 0.3) is 0 Å². The molecule has 5 nitrogen and oxygen atoms in total. The van der Waals surface area contributed by atoms with E-state index >= 15 is 0 Å². The monoisotopic (exact) mass is 275 g/mol. The molecule has 0 aliphatic carbocycles. The normalized spacial score (nSPS) is 9.80. The number of hydrogen-bond donors (Lipinski definition) is 0. The minimum Gasteiger partial charge on any atom is -0.468 e. The number of rotatable bonds is 3. The van der Waals surface area contributed by atoms with E-state index in [1.807, 2.05) is 0 Å². The van der Waals surface area contributed by atoms with Gasteiger partial charge in [-0.3, -0.25) is 9.59 Å². The van der Waals surface area contributed by atoms with Crippen molar-refractivity contribution >= 4 is 27.8 Å². The van der Waals surface area contributed by atoms with Gasteiger partial charge in [0, 0.05) is 7.05 Å². The van der Waals surface area contributed by atoms with Crippen molar-refractivity contribution in [2.45, 2.75) is 0 Å². The minimum absolute atomic E-state index is 0.0903. The topological polar surface area (TPSA) is 59.8 Å². The molecule has 0 aromatic carbocycles. The van der Waals surface area contributed by atoms with Gasteiger partial charge in [0.2, 0.25) is 0 Å². The molecular weight excluding hydrogens is 266 g/mol. The van der Waals surface area contributed by atoms with Crippen molar-refractivity contribution in [2.24, 2.45) is 0 Å². The number of likely N-dealkylation sites (N-methyl/N-ethyl adjacent to an activating group) is 1. The van der Waals surface area contributed by atoms with E-state index < -0.39 is 5.97 Å². The van der Waals surface area contributed by atoms with Crippen LogP contribution in [0.2, 0.25) is 0 Å². The summed E-state index contributed by atoms with van der Waals surface area (Å²) in [5.74, 6) is -0.772. The number of hydrogen-bond acceptors (Lipinski definition) is 4. The van der Waals surface area contributed by atoms with Gasteiger partial charge in [-0.05, 0) is 22.0 Å². The van der Waals surface area contributed by atoms with Gasteiger partial charge in [-0.15, -0.1) is 0 Å². The van der Waals surface area contributed by atoms with Gasteiger partial charge in [0.1, 0.15) is 6.54 Å². The van der Waals surface area contributed by atoms with E-state index in [0.29, 0.717) is 10.2 Å². The Bertz CT molecular complexity index is 374. The maximum absolute atomic E-state index is 11.7. The fourth-order valence-electron chi connectivity index (χ4n) is 0.982. The van der Waals surface area contributed by atoms with Gasteiger partial charge in [-0.2, -0.15) is 0 Å². The fourth-order valence-corrected chi connectivity index (χ4v) is 1.39. The smallest absolute Gasteiger partial charge is 0.325 e. The lowest BCUT2D eigenvalue weighted by Gasteiger charge is -2.14. The van der Waals surface area contributed by atoms with Crippen molar-refractivity contribution in [3.05, 3.63) is 22.6 Å². The predicted octanol–water partition coefficient (Wildman–Crippen LogP) is 1.29. The average molecular weight is 276 g/mol. The van der Waals surface area contributed by atoms with Crippen LogP contribution in [0.1, 0.15) is 10.4 Å². The molecule has 0 saturated carbocycles. The van der Waals surface area contributed by atoms with E-state index in [0.717, 1.165) is 0 Å². The Morgan fingerprint density at radius 1 is 1.60 bits per heavy atom. The summed E-state index contributed by atoms with van der Waals surface area (Å²) < 4.78 is 9.72.